The average Bonchev–Trinajstić information content (AvgIpc) is 3.42. The molecular formula is C24H20ClN5O3S. The Hall–Kier alpha value is -3.69. The third kappa shape index (κ3) is 3.82. The summed E-state index contributed by atoms with van der Waals surface area (Å²) in [5.74, 6) is 0.651. The number of carbonyl (C=O) groups is 2. The van der Waals surface area contributed by atoms with Gasteiger partial charge in [0.15, 0.2) is 5.82 Å². The minimum atomic E-state index is -0.494. The van der Waals surface area contributed by atoms with Crippen LogP contribution in [0.25, 0.3) is 26.8 Å². The highest BCUT2D eigenvalue weighted by Gasteiger charge is 2.23. The van der Waals surface area contributed by atoms with Crippen LogP contribution in [0.3, 0.4) is 0 Å². The van der Waals surface area contributed by atoms with Gasteiger partial charge in [0.1, 0.15) is 12.1 Å². The predicted molar refractivity (Wildman–Crippen MR) is 131 cm³/mol. The second kappa shape index (κ2) is 8.58. The molecule has 0 fully saturated rings. The molecule has 2 amide bonds. The average molecular weight is 494 g/mol. The predicted octanol–water partition coefficient (Wildman–Crippen LogP) is 4.05. The van der Waals surface area contributed by atoms with Crippen molar-refractivity contribution in [2.24, 2.45) is 5.73 Å². The van der Waals surface area contributed by atoms with Gasteiger partial charge in [-0.25, -0.2) is 9.67 Å². The van der Waals surface area contributed by atoms with Gasteiger partial charge in [-0.2, -0.15) is 5.10 Å². The zero-order valence-corrected chi connectivity index (χ0v) is 20.0. The molecule has 0 unspecified atom stereocenters. The number of benzene rings is 2. The van der Waals surface area contributed by atoms with Crippen molar-refractivity contribution < 1.29 is 14.3 Å². The number of thiophene rings is 1. The quantitative estimate of drug-likeness (QED) is 0.462. The maximum atomic E-state index is 12.3. The van der Waals surface area contributed by atoms with Crippen LogP contribution in [0.4, 0.5) is 0 Å². The molecule has 10 heteroatoms. The molecule has 1 aliphatic rings. The van der Waals surface area contributed by atoms with Crippen LogP contribution in [0.1, 0.15) is 26.3 Å². The number of carbonyl (C=O) groups excluding carboxylic acids is 2. The van der Waals surface area contributed by atoms with Gasteiger partial charge in [0.25, 0.3) is 5.91 Å². The van der Waals surface area contributed by atoms with Crippen LogP contribution >= 0.6 is 22.9 Å². The summed E-state index contributed by atoms with van der Waals surface area (Å²) in [7, 11) is 3.39. The fraction of sp³-hybridized carbons (Fsp3) is 0.167. The van der Waals surface area contributed by atoms with Gasteiger partial charge in [0, 0.05) is 42.1 Å². The summed E-state index contributed by atoms with van der Waals surface area (Å²) >= 11 is 8.12. The molecule has 2 N–H and O–H groups in total. The lowest BCUT2D eigenvalue weighted by molar-refractivity contribution is 0.0827. The number of halogens is 1. The van der Waals surface area contributed by atoms with E-state index in [1.54, 1.807) is 60.4 Å². The van der Waals surface area contributed by atoms with Crippen LogP contribution in [0, 0.1) is 0 Å². The monoisotopic (exact) mass is 493 g/mol. The highest BCUT2D eigenvalue weighted by molar-refractivity contribution is 7.19. The van der Waals surface area contributed by atoms with E-state index < -0.39 is 5.91 Å². The van der Waals surface area contributed by atoms with Gasteiger partial charge < -0.3 is 15.4 Å². The maximum absolute atomic E-state index is 12.3. The fourth-order valence-corrected chi connectivity index (χ4v) is 5.34. The summed E-state index contributed by atoms with van der Waals surface area (Å²) in [6.45, 7) is 0.484. The van der Waals surface area contributed by atoms with Crippen molar-refractivity contribution in [2.45, 2.75) is 6.42 Å². The Kier molecular flexibility index (Phi) is 5.59. The topological polar surface area (TPSA) is 103 Å². The molecule has 0 atom stereocenters. The fourth-order valence-electron chi connectivity index (χ4n) is 3.86. The van der Waals surface area contributed by atoms with Crippen LogP contribution in [-0.2, 0) is 6.42 Å². The Morgan fingerprint density at radius 1 is 1.15 bits per heavy atom. The Labute approximate surface area is 204 Å². The van der Waals surface area contributed by atoms with Crippen LogP contribution in [0.2, 0.25) is 5.02 Å². The molecule has 0 saturated heterocycles. The second-order valence-corrected chi connectivity index (χ2v) is 9.46. The number of hydrogen-bond donors (Lipinski definition) is 1. The summed E-state index contributed by atoms with van der Waals surface area (Å²) < 4.78 is 7.56. The van der Waals surface area contributed by atoms with Crippen molar-refractivity contribution in [1.29, 1.82) is 0 Å². The molecule has 0 aliphatic carbocycles. The van der Waals surface area contributed by atoms with Gasteiger partial charge in [0.05, 0.1) is 22.2 Å². The first kappa shape index (κ1) is 22.1. The van der Waals surface area contributed by atoms with E-state index >= 15 is 0 Å². The van der Waals surface area contributed by atoms with E-state index in [9.17, 15) is 9.59 Å². The van der Waals surface area contributed by atoms with Crippen molar-refractivity contribution >= 4 is 34.8 Å². The van der Waals surface area contributed by atoms with Gasteiger partial charge in [-0.05, 0) is 48.0 Å². The summed E-state index contributed by atoms with van der Waals surface area (Å²) in [6, 6.07) is 12.5. The summed E-state index contributed by atoms with van der Waals surface area (Å²) in [5, 5.41) is 4.79. The van der Waals surface area contributed by atoms with Gasteiger partial charge in [-0.1, -0.05) is 11.6 Å². The third-order valence-corrected chi connectivity index (χ3v) is 7.06. The van der Waals surface area contributed by atoms with E-state index in [4.69, 9.17) is 22.1 Å². The molecule has 8 nitrogen and oxygen atoms in total. The van der Waals surface area contributed by atoms with E-state index in [0.29, 0.717) is 46.4 Å². The molecule has 3 heterocycles. The summed E-state index contributed by atoms with van der Waals surface area (Å²) in [5.41, 5.74) is 8.99. The number of hydrogen-bond acceptors (Lipinski definition) is 6. The molecule has 1 aliphatic heterocycles. The van der Waals surface area contributed by atoms with E-state index in [0.717, 1.165) is 20.9 Å². The van der Waals surface area contributed by atoms with E-state index in [1.807, 2.05) is 6.07 Å². The Balaban J connectivity index is 1.56. The molecule has 2 aromatic heterocycles. The molecule has 0 spiro atoms. The summed E-state index contributed by atoms with van der Waals surface area (Å²) in [4.78, 5) is 31.8. The second-order valence-electron chi connectivity index (χ2n) is 8.00. The smallest absolute Gasteiger partial charge is 0.253 e. The van der Waals surface area contributed by atoms with Crippen LogP contribution in [0.5, 0.6) is 5.75 Å². The number of nitrogens with zero attached hydrogens (tertiary/aromatic N) is 4. The lowest BCUT2D eigenvalue weighted by Gasteiger charge is -2.12. The Morgan fingerprint density at radius 2 is 1.94 bits per heavy atom. The number of primary amides is 1. The molecule has 2 aromatic carbocycles. The number of aromatic nitrogens is 3. The van der Waals surface area contributed by atoms with Gasteiger partial charge >= 0.3 is 0 Å². The van der Waals surface area contributed by atoms with E-state index in [2.05, 4.69) is 16.1 Å². The molecule has 4 aromatic rings. The number of fused-ring (bicyclic) bond motifs is 3. The van der Waals surface area contributed by atoms with Crippen molar-refractivity contribution in [3.63, 3.8) is 0 Å². The van der Waals surface area contributed by atoms with Gasteiger partial charge in [-0.15, -0.1) is 11.3 Å². The van der Waals surface area contributed by atoms with Crippen molar-refractivity contribution in [1.82, 2.24) is 19.7 Å². The van der Waals surface area contributed by atoms with Crippen molar-refractivity contribution in [2.75, 3.05) is 20.7 Å². The molecule has 172 valence electrons. The molecule has 0 radical (unpaired) electrons. The van der Waals surface area contributed by atoms with Crippen molar-refractivity contribution in [3.05, 3.63) is 70.5 Å². The highest BCUT2D eigenvalue weighted by Crippen LogP contribution is 2.44. The summed E-state index contributed by atoms with van der Waals surface area (Å²) in [6.07, 6.45) is 2.19. The maximum Gasteiger partial charge on any atom is 0.253 e. The SMILES string of the molecule is CN(C)C(=O)c1ccc(-n2ncnc2-c2cc3c(s2)-c2ccc(C(N)=O)cc2OCC3)c(Cl)c1. The van der Waals surface area contributed by atoms with Gasteiger partial charge in [0.2, 0.25) is 5.91 Å². The number of amides is 2. The minimum Gasteiger partial charge on any atom is -0.493 e. The molecular weight excluding hydrogens is 474 g/mol. The van der Waals surface area contributed by atoms with E-state index in [-0.39, 0.29) is 5.91 Å². The van der Waals surface area contributed by atoms with Crippen molar-refractivity contribution in [3.8, 4) is 32.6 Å². The Morgan fingerprint density at radius 3 is 2.68 bits per heavy atom. The van der Waals surface area contributed by atoms with Crippen LogP contribution < -0.4 is 10.5 Å². The molecule has 0 saturated carbocycles. The normalized spacial score (nSPS) is 12.3. The third-order valence-electron chi connectivity index (χ3n) is 5.55. The minimum absolute atomic E-state index is 0.130. The van der Waals surface area contributed by atoms with E-state index in [1.165, 1.54) is 11.2 Å². The lowest BCUT2D eigenvalue weighted by Crippen LogP contribution is -2.21. The number of nitrogens with two attached hydrogens (primary N) is 1. The molecule has 0 bridgehead atoms. The van der Waals surface area contributed by atoms with Crippen LogP contribution in [-0.4, -0.2) is 52.2 Å². The highest BCUT2D eigenvalue weighted by atomic mass is 35.5. The first-order valence-corrected chi connectivity index (χ1v) is 11.6. The van der Waals surface area contributed by atoms with Gasteiger partial charge in [-0.3, -0.25) is 9.59 Å². The largest absolute Gasteiger partial charge is 0.493 e. The first-order valence-electron chi connectivity index (χ1n) is 10.4. The zero-order chi connectivity index (χ0) is 24.0. The lowest BCUT2D eigenvalue weighted by atomic mass is 10.1. The standard InChI is InChI=1S/C24H20ClN5O3S/c1-29(2)24(32)15-4-6-18(17(25)9-15)30-23(27-12-28-30)20-11-13-7-8-33-19-10-14(22(26)31)3-5-16(19)21(13)34-20/h3-6,9-12H,7-8H2,1-2H3,(H2,26,31). The Bertz CT molecular complexity index is 1440. The van der Waals surface area contributed by atoms with Crippen LogP contribution in [0.15, 0.2) is 48.8 Å². The first-order chi connectivity index (χ1) is 16.3. The molecule has 5 rings (SSSR count). The number of ether oxygens (including phenoxy) is 1. The zero-order valence-electron chi connectivity index (χ0n) is 18.4. The molecule has 34 heavy (non-hydrogen) atoms. The number of rotatable bonds is 4.